The molecule has 6 nitrogen and oxygen atoms in total. The smallest absolute Gasteiger partial charge is 0.320 e. The van der Waals surface area contributed by atoms with E-state index in [0.717, 1.165) is 18.5 Å². The Kier molecular flexibility index (Phi) is 5.48. The molecule has 2 aromatic rings. The summed E-state index contributed by atoms with van der Waals surface area (Å²) in [5, 5.41) is 17.2. The van der Waals surface area contributed by atoms with E-state index >= 15 is 0 Å². The zero-order chi connectivity index (χ0) is 17.6. The number of hydrogen-bond donors (Lipinski definition) is 3. The summed E-state index contributed by atoms with van der Waals surface area (Å²) in [5.74, 6) is 1.09. The molecular formula is C19H25N5O. The summed E-state index contributed by atoms with van der Waals surface area (Å²) in [6, 6.07) is 9.84. The van der Waals surface area contributed by atoms with E-state index in [2.05, 4.69) is 58.2 Å². The molecule has 0 radical (unpaired) electrons. The van der Waals surface area contributed by atoms with Crippen molar-refractivity contribution in [3.8, 4) is 0 Å². The number of aromatic nitrogens is 2. The minimum Gasteiger partial charge on any atom is -0.339 e. The van der Waals surface area contributed by atoms with Crippen molar-refractivity contribution in [3.05, 3.63) is 41.5 Å². The Bertz CT molecular complexity index is 703. The monoisotopic (exact) mass is 339 g/mol. The van der Waals surface area contributed by atoms with Gasteiger partial charge in [0, 0.05) is 11.7 Å². The molecule has 2 amide bonds. The van der Waals surface area contributed by atoms with Gasteiger partial charge in [-0.15, -0.1) is 10.2 Å². The highest BCUT2D eigenvalue weighted by Crippen LogP contribution is 2.19. The van der Waals surface area contributed by atoms with Crippen LogP contribution in [0.3, 0.4) is 0 Å². The second kappa shape index (κ2) is 7.96. The minimum absolute atomic E-state index is 0.212. The van der Waals surface area contributed by atoms with E-state index in [1.165, 1.54) is 30.4 Å². The number of nitrogens with one attached hydrogen (secondary N) is 3. The van der Waals surface area contributed by atoms with Crippen LogP contribution in [0.2, 0.25) is 0 Å². The fourth-order valence-corrected chi connectivity index (χ4v) is 3.25. The molecule has 132 valence electrons. The average Bonchev–Trinajstić information content (AvgIpc) is 2.56. The molecule has 0 aliphatic heterocycles. The molecule has 0 unspecified atom stereocenters. The Balaban J connectivity index is 1.55. The van der Waals surface area contributed by atoms with Crippen LogP contribution in [-0.2, 0) is 0 Å². The zero-order valence-electron chi connectivity index (χ0n) is 14.8. The van der Waals surface area contributed by atoms with Gasteiger partial charge in [0.2, 0.25) is 0 Å². The Morgan fingerprint density at radius 1 is 0.960 bits per heavy atom. The summed E-state index contributed by atoms with van der Waals surface area (Å²) in [6.45, 7) is 4.11. The molecule has 1 saturated carbocycles. The first kappa shape index (κ1) is 17.2. The fourth-order valence-electron chi connectivity index (χ4n) is 3.25. The van der Waals surface area contributed by atoms with E-state index in [-0.39, 0.29) is 12.1 Å². The van der Waals surface area contributed by atoms with Gasteiger partial charge < -0.3 is 10.6 Å². The van der Waals surface area contributed by atoms with Crippen LogP contribution in [0, 0.1) is 13.8 Å². The lowest BCUT2D eigenvalue weighted by Gasteiger charge is -2.22. The van der Waals surface area contributed by atoms with Crippen molar-refractivity contribution in [1.82, 2.24) is 15.5 Å². The van der Waals surface area contributed by atoms with Crippen molar-refractivity contribution >= 4 is 23.4 Å². The lowest BCUT2D eigenvalue weighted by atomic mass is 9.96. The number of nitrogens with zero attached hydrogens (tertiary/aromatic N) is 2. The van der Waals surface area contributed by atoms with E-state index in [0.29, 0.717) is 11.6 Å². The summed E-state index contributed by atoms with van der Waals surface area (Å²) in [7, 11) is 0. The summed E-state index contributed by atoms with van der Waals surface area (Å²) >= 11 is 0. The number of anilines is 3. The third kappa shape index (κ3) is 5.17. The molecule has 0 saturated heterocycles. The quantitative estimate of drug-likeness (QED) is 0.776. The third-order valence-electron chi connectivity index (χ3n) is 4.34. The molecule has 3 rings (SSSR count). The number of carbonyl (C=O) groups excluding carboxylic acids is 1. The van der Waals surface area contributed by atoms with Gasteiger partial charge in [0.15, 0.2) is 11.6 Å². The zero-order valence-corrected chi connectivity index (χ0v) is 14.8. The molecule has 1 heterocycles. The first-order valence-corrected chi connectivity index (χ1v) is 8.85. The molecule has 0 bridgehead atoms. The van der Waals surface area contributed by atoms with Crippen molar-refractivity contribution in [2.75, 3.05) is 10.6 Å². The van der Waals surface area contributed by atoms with Gasteiger partial charge in [0.1, 0.15) is 0 Å². The normalized spacial score (nSPS) is 14.8. The summed E-state index contributed by atoms with van der Waals surface area (Å²) in [4.78, 5) is 12.0. The Hall–Kier alpha value is -2.63. The first-order chi connectivity index (χ1) is 12.1. The number of amides is 2. The molecule has 25 heavy (non-hydrogen) atoms. The average molecular weight is 339 g/mol. The van der Waals surface area contributed by atoms with Crippen LogP contribution in [-0.4, -0.2) is 22.3 Å². The number of benzene rings is 1. The van der Waals surface area contributed by atoms with Crippen molar-refractivity contribution in [3.63, 3.8) is 0 Å². The van der Waals surface area contributed by atoms with Gasteiger partial charge in [-0.1, -0.05) is 25.3 Å². The fraction of sp³-hybridized carbons (Fsp3) is 0.421. The van der Waals surface area contributed by atoms with Crippen molar-refractivity contribution in [1.29, 1.82) is 0 Å². The second-order valence-electron chi connectivity index (χ2n) is 6.74. The van der Waals surface area contributed by atoms with Crippen LogP contribution < -0.4 is 16.0 Å². The van der Waals surface area contributed by atoms with Gasteiger partial charge >= 0.3 is 6.03 Å². The van der Waals surface area contributed by atoms with Gasteiger partial charge in [0.25, 0.3) is 0 Å². The van der Waals surface area contributed by atoms with Crippen LogP contribution in [0.25, 0.3) is 0 Å². The van der Waals surface area contributed by atoms with Crippen LogP contribution in [0.5, 0.6) is 0 Å². The van der Waals surface area contributed by atoms with Crippen molar-refractivity contribution < 1.29 is 4.79 Å². The maximum atomic E-state index is 12.0. The lowest BCUT2D eigenvalue weighted by molar-refractivity contribution is 0.244. The Morgan fingerprint density at radius 3 is 2.24 bits per heavy atom. The maximum Gasteiger partial charge on any atom is 0.320 e. The third-order valence-corrected chi connectivity index (χ3v) is 4.34. The van der Waals surface area contributed by atoms with Gasteiger partial charge in [0.05, 0.1) is 0 Å². The number of hydrogen-bond acceptors (Lipinski definition) is 4. The van der Waals surface area contributed by atoms with E-state index in [4.69, 9.17) is 0 Å². The van der Waals surface area contributed by atoms with Crippen molar-refractivity contribution in [2.24, 2.45) is 0 Å². The van der Waals surface area contributed by atoms with Gasteiger partial charge in [-0.2, -0.15) is 0 Å². The second-order valence-corrected chi connectivity index (χ2v) is 6.74. The topological polar surface area (TPSA) is 78.9 Å². The van der Waals surface area contributed by atoms with E-state index in [9.17, 15) is 4.79 Å². The molecule has 1 aliphatic carbocycles. The largest absolute Gasteiger partial charge is 0.339 e. The Labute approximate surface area is 148 Å². The number of carbonyl (C=O) groups is 1. The molecule has 6 heteroatoms. The van der Waals surface area contributed by atoms with Crippen LogP contribution in [0.4, 0.5) is 22.1 Å². The Morgan fingerprint density at radius 2 is 1.60 bits per heavy atom. The summed E-state index contributed by atoms with van der Waals surface area (Å²) < 4.78 is 0. The maximum absolute atomic E-state index is 12.0. The summed E-state index contributed by atoms with van der Waals surface area (Å²) in [6.07, 6.45) is 5.74. The molecule has 1 aromatic carbocycles. The minimum atomic E-state index is -0.212. The van der Waals surface area contributed by atoms with E-state index in [1.54, 1.807) is 12.1 Å². The van der Waals surface area contributed by atoms with Gasteiger partial charge in [-0.3, -0.25) is 5.32 Å². The highest BCUT2D eigenvalue weighted by molar-refractivity contribution is 5.88. The SMILES string of the molecule is Cc1cc(C)cc(Nc2ccc(NC(=O)NC3CCCCC3)nn2)c1. The molecule has 0 atom stereocenters. The number of rotatable bonds is 4. The highest BCUT2D eigenvalue weighted by Gasteiger charge is 2.15. The molecule has 3 N–H and O–H groups in total. The van der Waals surface area contributed by atoms with E-state index < -0.39 is 0 Å². The first-order valence-electron chi connectivity index (χ1n) is 8.85. The number of urea groups is 1. The molecule has 1 aliphatic rings. The van der Waals surface area contributed by atoms with Crippen LogP contribution in [0.15, 0.2) is 30.3 Å². The standard InChI is InChI=1S/C19H25N5O/c1-13-10-14(2)12-16(11-13)20-17-8-9-18(24-23-17)22-19(25)21-15-6-4-3-5-7-15/h8-12,15H,3-7H2,1-2H3,(H,20,23)(H2,21,22,24,25). The molecule has 1 fully saturated rings. The lowest BCUT2D eigenvalue weighted by Crippen LogP contribution is -2.39. The van der Waals surface area contributed by atoms with Crippen LogP contribution >= 0.6 is 0 Å². The van der Waals surface area contributed by atoms with Gasteiger partial charge in [-0.05, 0) is 62.1 Å². The molecular weight excluding hydrogens is 314 g/mol. The highest BCUT2D eigenvalue weighted by atomic mass is 16.2. The number of aryl methyl sites for hydroxylation is 2. The molecule has 0 spiro atoms. The molecule has 1 aromatic heterocycles. The summed E-state index contributed by atoms with van der Waals surface area (Å²) in [5.41, 5.74) is 3.35. The van der Waals surface area contributed by atoms with Gasteiger partial charge in [-0.25, -0.2) is 4.79 Å². The van der Waals surface area contributed by atoms with Crippen molar-refractivity contribution in [2.45, 2.75) is 52.0 Å². The predicted octanol–water partition coefficient (Wildman–Crippen LogP) is 4.29. The van der Waals surface area contributed by atoms with Crippen LogP contribution in [0.1, 0.15) is 43.2 Å². The van der Waals surface area contributed by atoms with E-state index in [1.807, 2.05) is 0 Å². The predicted molar refractivity (Wildman–Crippen MR) is 100 cm³/mol.